The van der Waals surface area contributed by atoms with Crippen molar-refractivity contribution >= 4 is 29.6 Å². The number of nitrogens with one attached hydrogen (secondary N) is 1. The topological polar surface area (TPSA) is 71.8 Å². The van der Waals surface area contributed by atoms with Gasteiger partial charge in [0.1, 0.15) is 0 Å². The summed E-state index contributed by atoms with van der Waals surface area (Å²) in [7, 11) is 0. The van der Waals surface area contributed by atoms with Crippen molar-refractivity contribution in [2.45, 2.75) is 4.90 Å². The van der Waals surface area contributed by atoms with E-state index in [1.165, 1.54) is 0 Å². The number of primary amides is 1. The first-order chi connectivity index (χ1) is 6.18. The molecule has 13 heavy (non-hydrogen) atoms. The van der Waals surface area contributed by atoms with Gasteiger partial charge in [0.15, 0.2) is 0 Å². The zero-order chi connectivity index (χ0) is 9.42. The van der Waals surface area contributed by atoms with E-state index in [-0.39, 0.29) is 0 Å². The third-order valence-corrected chi connectivity index (χ3v) is 2.17. The van der Waals surface area contributed by atoms with Crippen LogP contribution in [0.2, 0.25) is 0 Å². The first-order valence-corrected chi connectivity index (χ1v) is 4.09. The summed E-state index contributed by atoms with van der Waals surface area (Å²) in [5, 5.41) is 0. The Labute approximate surface area is 79.6 Å². The molecule has 1 aromatic heterocycles. The van der Waals surface area contributed by atoms with Crippen LogP contribution in [0.5, 0.6) is 0 Å². The molecule has 4 nitrogen and oxygen atoms in total. The Morgan fingerprint density at radius 1 is 1.54 bits per heavy atom. The zero-order valence-corrected chi connectivity index (χ0v) is 7.51. The van der Waals surface area contributed by atoms with E-state index >= 15 is 0 Å². The molecule has 1 heterocycles. The first kappa shape index (κ1) is 8.12. The van der Waals surface area contributed by atoms with E-state index in [0.717, 1.165) is 11.0 Å². The number of nitrogens with zero attached hydrogens (tertiary/aromatic N) is 1. The predicted molar refractivity (Wildman–Crippen MR) is 51.9 cm³/mol. The van der Waals surface area contributed by atoms with E-state index in [2.05, 4.69) is 22.6 Å². The lowest BCUT2D eigenvalue weighted by molar-refractivity contribution is 0.0998. The number of fused-ring (bicyclic) bond motifs is 1. The van der Waals surface area contributed by atoms with Crippen LogP contribution in [0.4, 0.5) is 0 Å². The monoisotopic (exact) mass is 193 g/mol. The second-order valence-electron chi connectivity index (χ2n) is 2.65. The fraction of sp³-hybridized carbons (Fsp3) is 0. The minimum Gasteiger partial charge on any atom is -0.366 e. The summed E-state index contributed by atoms with van der Waals surface area (Å²) in [6.07, 6.45) is 1.56. The van der Waals surface area contributed by atoms with E-state index in [0.29, 0.717) is 10.5 Å². The number of imidazole rings is 1. The molecule has 0 saturated heterocycles. The van der Waals surface area contributed by atoms with Crippen LogP contribution < -0.4 is 5.73 Å². The molecule has 2 aromatic rings. The molecule has 0 fully saturated rings. The van der Waals surface area contributed by atoms with E-state index < -0.39 is 5.91 Å². The summed E-state index contributed by atoms with van der Waals surface area (Å²) in [4.78, 5) is 18.4. The Kier molecular flexibility index (Phi) is 1.73. The number of benzene rings is 1. The summed E-state index contributed by atoms with van der Waals surface area (Å²) >= 11 is 4.13. The van der Waals surface area contributed by atoms with Crippen LogP contribution in [-0.4, -0.2) is 15.9 Å². The predicted octanol–water partition coefficient (Wildman–Crippen LogP) is 0.950. The van der Waals surface area contributed by atoms with Gasteiger partial charge in [-0.2, -0.15) is 0 Å². The number of nitrogens with two attached hydrogens (primary N) is 1. The van der Waals surface area contributed by atoms with Gasteiger partial charge >= 0.3 is 0 Å². The molecule has 0 aliphatic rings. The van der Waals surface area contributed by atoms with Gasteiger partial charge in [-0.1, -0.05) is 0 Å². The average molecular weight is 193 g/mol. The highest BCUT2D eigenvalue weighted by atomic mass is 32.1. The van der Waals surface area contributed by atoms with Gasteiger partial charge in [-0.15, -0.1) is 12.6 Å². The van der Waals surface area contributed by atoms with Gasteiger partial charge in [0, 0.05) is 4.90 Å². The van der Waals surface area contributed by atoms with Crippen molar-refractivity contribution in [1.29, 1.82) is 0 Å². The number of aromatic amines is 1. The molecule has 5 heteroatoms. The van der Waals surface area contributed by atoms with Gasteiger partial charge in [-0.25, -0.2) is 4.98 Å². The first-order valence-electron chi connectivity index (χ1n) is 3.64. The standard InChI is InChI=1S/C8H7N3OS/c9-8(12)4-1-5-6(2-7(4)13)11-3-10-5/h1-3,13H,(H2,9,12)(H,10,11). The molecule has 0 saturated carbocycles. The molecule has 0 unspecified atom stereocenters. The maximum absolute atomic E-state index is 10.9. The van der Waals surface area contributed by atoms with Crippen LogP contribution in [0.25, 0.3) is 11.0 Å². The average Bonchev–Trinajstić information content (AvgIpc) is 2.48. The fourth-order valence-corrected chi connectivity index (χ4v) is 1.47. The number of carbonyl (C=O) groups is 1. The van der Waals surface area contributed by atoms with Crippen LogP contribution in [-0.2, 0) is 0 Å². The third-order valence-electron chi connectivity index (χ3n) is 1.80. The lowest BCUT2D eigenvalue weighted by Gasteiger charge is -1.99. The van der Waals surface area contributed by atoms with E-state index in [4.69, 9.17) is 5.73 Å². The number of hydrogen-bond donors (Lipinski definition) is 3. The van der Waals surface area contributed by atoms with Crippen molar-refractivity contribution in [1.82, 2.24) is 9.97 Å². The van der Waals surface area contributed by atoms with Gasteiger partial charge in [0.25, 0.3) is 0 Å². The highest BCUT2D eigenvalue weighted by Crippen LogP contribution is 2.19. The molecule has 2 rings (SSSR count). The van der Waals surface area contributed by atoms with Crippen LogP contribution in [0.1, 0.15) is 10.4 Å². The van der Waals surface area contributed by atoms with Crippen LogP contribution in [0, 0.1) is 0 Å². The minimum absolute atomic E-state index is 0.403. The second kappa shape index (κ2) is 2.77. The molecule has 66 valence electrons. The molecular formula is C8H7N3OS. The van der Waals surface area contributed by atoms with Crippen molar-refractivity contribution in [3.63, 3.8) is 0 Å². The Bertz CT molecular complexity index is 477. The molecule has 0 radical (unpaired) electrons. The molecule has 0 bridgehead atoms. The van der Waals surface area contributed by atoms with Gasteiger partial charge in [-0.05, 0) is 12.1 Å². The summed E-state index contributed by atoms with van der Waals surface area (Å²) in [5.74, 6) is -0.485. The number of thiol groups is 1. The minimum atomic E-state index is -0.485. The van der Waals surface area contributed by atoms with Crippen LogP contribution in [0.3, 0.4) is 0 Å². The van der Waals surface area contributed by atoms with Crippen LogP contribution in [0.15, 0.2) is 23.4 Å². The third kappa shape index (κ3) is 1.27. The lowest BCUT2D eigenvalue weighted by Crippen LogP contribution is -2.11. The molecule has 0 aliphatic carbocycles. The van der Waals surface area contributed by atoms with Crippen molar-refractivity contribution < 1.29 is 4.79 Å². The van der Waals surface area contributed by atoms with E-state index in [1.807, 2.05) is 0 Å². The number of H-pyrrole nitrogens is 1. The maximum atomic E-state index is 10.9. The largest absolute Gasteiger partial charge is 0.366 e. The maximum Gasteiger partial charge on any atom is 0.249 e. The summed E-state index contributed by atoms with van der Waals surface area (Å²) in [6.45, 7) is 0. The summed E-state index contributed by atoms with van der Waals surface area (Å²) in [6, 6.07) is 3.35. The Balaban J connectivity index is 2.76. The highest BCUT2D eigenvalue weighted by molar-refractivity contribution is 7.80. The normalized spacial score (nSPS) is 10.5. The molecule has 0 spiro atoms. The number of hydrogen-bond acceptors (Lipinski definition) is 3. The van der Waals surface area contributed by atoms with Gasteiger partial charge in [0.05, 0.1) is 22.9 Å². The van der Waals surface area contributed by atoms with Crippen molar-refractivity contribution in [3.05, 3.63) is 24.0 Å². The Morgan fingerprint density at radius 2 is 2.31 bits per heavy atom. The molecule has 0 atom stereocenters. The summed E-state index contributed by atoms with van der Waals surface area (Å²) in [5.41, 5.74) is 7.11. The molecule has 1 amide bonds. The fourth-order valence-electron chi connectivity index (χ4n) is 1.17. The number of aromatic nitrogens is 2. The van der Waals surface area contributed by atoms with Gasteiger partial charge in [-0.3, -0.25) is 4.79 Å². The SMILES string of the molecule is NC(=O)c1cc2[nH]cnc2cc1S. The second-order valence-corrected chi connectivity index (χ2v) is 3.14. The Hall–Kier alpha value is -1.49. The number of rotatable bonds is 1. The van der Waals surface area contributed by atoms with E-state index in [1.54, 1.807) is 18.5 Å². The van der Waals surface area contributed by atoms with Gasteiger partial charge in [0.2, 0.25) is 5.91 Å². The molecule has 3 N–H and O–H groups in total. The van der Waals surface area contributed by atoms with Crippen molar-refractivity contribution in [2.75, 3.05) is 0 Å². The molecule has 0 aliphatic heterocycles. The number of carbonyl (C=O) groups excluding carboxylic acids is 1. The van der Waals surface area contributed by atoms with Gasteiger partial charge < -0.3 is 10.7 Å². The molecule has 1 aromatic carbocycles. The Morgan fingerprint density at radius 3 is 3.00 bits per heavy atom. The smallest absolute Gasteiger partial charge is 0.249 e. The zero-order valence-electron chi connectivity index (χ0n) is 6.61. The summed E-state index contributed by atoms with van der Waals surface area (Å²) < 4.78 is 0. The quantitative estimate of drug-likeness (QED) is 0.590. The van der Waals surface area contributed by atoms with Crippen molar-refractivity contribution in [2.24, 2.45) is 5.73 Å². The highest BCUT2D eigenvalue weighted by Gasteiger charge is 2.07. The molecular weight excluding hydrogens is 186 g/mol. The lowest BCUT2D eigenvalue weighted by atomic mass is 10.2. The van der Waals surface area contributed by atoms with Crippen LogP contribution >= 0.6 is 12.6 Å². The van der Waals surface area contributed by atoms with Crippen molar-refractivity contribution in [3.8, 4) is 0 Å². The van der Waals surface area contributed by atoms with E-state index in [9.17, 15) is 4.79 Å². The number of amides is 1.